The summed E-state index contributed by atoms with van der Waals surface area (Å²) >= 11 is 0. The van der Waals surface area contributed by atoms with Crippen molar-refractivity contribution in [2.45, 2.75) is 32.2 Å². The fraction of sp³-hybridized carbons (Fsp3) is 0.625. The van der Waals surface area contributed by atoms with Crippen molar-refractivity contribution in [3.05, 3.63) is 25.3 Å². The number of piperidine rings is 1. The first-order valence-electron chi connectivity index (χ1n) is 7.54. The number of carbonyl (C=O) groups is 2. The highest BCUT2D eigenvalue weighted by atomic mass is 16.5. The van der Waals surface area contributed by atoms with Crippen LogP contribution in [0.15, 0.2) is 25.3 Å². The zero-order chi connectivity index (χ0) is 15.7. The van der Waals surface area contributed by atoms with Crippen LogP contribution in [-0.4, -0.2) is 60.5 Å². The van der Waals surface area contributed by atoms with E-state index >= 15 is 0 Å². The molecule has 1 aliphatic rings. The zero-order valence-corrected chi connectivity index (χ0v) is 12.9. The number of likely N-dealkylation sites (tertiary alicyclic amines) is 1. The number of nitrogens with zero attached hydrogens (tertiary/aromatic N) is 2. The summed E-state index contributed by atoms with van der Waals surface area (Å²) in [6.07, 6.45) is 6.10. The van der Waals surface area contributed by atoms with Gasteiger partial charge < -0.3 is 9.64 Å². The molecule has 1 rings (SSSR count). The van der Waals surface area contributed by atoms with Gasteiger partial charge in [-0.1, -0.05) is 12.2 Å². The van der Waals surface area contributed by atoms with Crippen molar-refractivity contribution >= 4 is 11.9 Å². The van der Waals surface area contributed by atoms with E-state index in [4.69, 9.17) is 4.74 Å². The average molecular weight is 294 g/mol. The fourth-order valence-corrected chi connectivity index (χ4v) is 2.56. The minimum Gasteiger partial charge on any atom is -0.464 e. The molecule has 5 heteroatoms. The lowest BCUT2D eigenvalue weighted by atomic mass is 10.0. The minimum absolute atomic E-state index is 0.0311. The van der Waals surface area contributed by atoms with Crippen LogP contribution in [0.1, 0.15) is 26.2 Å². The lowest BCUT2D eigenvalue weighted by molar-refractivity contribution is -0.157. The molecule has 1 aliphatic heterocycles. The van der Waals surface area contributed by atoms with Gasteiger partial charge in [0.25, 0.3) is 0 Å². The lowest BCUT2D eigenvalue weighted by Gasteiger charge is -2.35. The fourth-order valence-electron chi connectivity index (χ4n) is 2.56. The number of hydrogen-bond donors (Lipinski definition) is 0. The van der Waals surface area contributed by atoms with Crippen LogP contribution in [0.25, 0.3) is 0 Å². The predicted octanol–water partition coefficient (Wildman–Crippen LogP) is 1.60. The molecule has 0 aromatic heterocycles. The zero-order valence-electron chi connectivity index (χ0n) is 12.9. The molecular weight excluding hydrogens is 268 g/mol. The molecule has 0 N–H and O–H groups in total. The highest BCUT2D eigenvalue weighted by molar-refractivity contribution is 5.85. The van der Waals surface area contributed by atoms with Gasteiger partial charge in [0.1, 0.15) is 6.04 Å². The molecule has 1 unspecified atom stereocenters. The predicted molar refractivity (Wildman–Crippen MR) is 82.8 cm³/mol. The van der Waals surface area contributed by atoms with Crippen molar-refractivity contribution in [2.24, 2.45) is 0 Å². The monoisotopic (exact) mass is 294 g/mol. The van der Waals surface area contributed by atoms with Gasteiger partial charge in [0.2, 0.25) is 5.91 Å². The van der Waals surface area contributed by atoms with E-state index < -0.39 is 6.04 Å². The largest absolute Gasteiger partial charge is 0.464 e. The van der Waals surface area contributed by atoms with Gasteiger partial charge in [-0.05, 0) is 26.2 Å². The van der Waals surface area contributed by atoms with Crippen LogP contribution in [0.2, 0.25) is 0 Å². The van der Waals surface area contributed by atoms with Crippen LogP contribution in [0.5, 0.6) is 0 Å². The molecule has 0 aromatic carbocycles. The second kappa shape index (κ2) is 9.34. The van der Waals surface area contributed by atoms with Crippen molar-refractivity contribution < 1.29 is 14.3 Å². The molecule has 1 fully saturated rings. The number of hydrogen-bond acceptors (Lipinski definition) is 4. The molecule has 0 spiro atoms. The van der Waals surface area contributed by atoms with E-state index in [0.29, 0.717) is 32.7 Å². The van der Waals surface area contributed by atoms with Crippen molar-refractivity contribution in [3.63, 3.8) is 0 Å². The highest BCUT2D eigenvalue weighted by Crippen LogP contribution is 2.18. The standard InChI is InChI=1S/C16H26N2O3/c1-4-10-17(11-5-2)13-15(19)18-12-8-7-9-14(18)16(20)21-6-3/h4-5,14H,1-2,6-13H2,3H3. The molecule has 118 valence electrons. The normalized spacial score (nSPS) is 18.4. The van der Waals surface area contributed by atoms with Crippen molar-refractivity contribution in [1.82, 2.24) is 9.80 Å². The van der Waals surface area contributed by atoms with Crippen LogP contribution >= 0.6 is 0 Å². The Morgan fingerprint density at radius 3 is 2.52 bits per heavy atom. The summed E-state index contributed by atoms with van der Waals surface area (Å²) < 4.78 is 5.08. The second-order valence-electron chi connectivity index (χ2n) is 5.12. The van der Waals surface area contributed by atoms with E-state index in [-0.39, 0.29) is 18.4 Å². The van der Waals surface area contributed by atoms with Gasteiger partial charge >= 0.3 is 5.97 Å². The van der Waals surface area contributed by atoms with Gasteiger partial charge in [0, 0.05) is 19.6 Å². The van der Waals surface area contributed by atoms with Crippen LogP contribution < -0.4 is 0 Å². The number of carbonyl (C=O) groups excluding carboxylic acids is 2. The van der Waals surface area contributed by atoms with Crippen molar-refractivity contribution in [2.75, 3.05) is 32.8 Å². The Labute approximate surface area is 127 Å². The van der Waals surface area contributed by atoms with E-state index in [1.807, 2.05) is 4.90 Å². The van der Waals surface area contributed by atoms with E-state index in [9.17, 15) is 9.59 Å². The maximum absolute atomic E-state index is 12.5. The average Bonchev–Trinajstić information content (AvgIpc) is 2.48. The van der Waals surface area contributed by atoms with Crippen LogP contribution in [-0.2, 0) is 14.3 Å². The quantitative estimate of drug-likeness (QED) is 0.504. The Morgan fingerprint density at radius 1 is 1.29 bits per heavy atom. The smallest absolute Gasteiger partial charge is 0.328 e. The van der Waals surface area contributed by atoms with E-state index in [1.54, 1.807) is 24.0 Å². The van der Waals surface area contributed by atoms with E-state index in [1.165, 1.54) is 0 Å². The molecule has 0 saturated carbocycles. The van der Waals surface area contributed by atoms with E-state index in [0.717, 1.165) is 12.8 Å². The first-order valence-corrected chi connectivity index (χ1v) is 7.54. The third-order valence-electron chi connectivity index (χ3n) is 3.52. The molecule has 0 bridgehead atoms. The Hall–Kier alpha value is -1.62. The maximum atomic E-state index is 12.5. The number of ether oxygens (including phenoxy) is 1. The summed E-state index contributed by atoms with van der Waals surface area (Å²) in [4.78, 5) is 28.1. The first kappa shape index (κ1) is 17.4. The molecule has 1 amide bonds. The van der Waals surface area contributed by atoms with Crippen LogP contribution in [0, 0.1) is 0 Å². The Kier molecular flexibility index (Phi) is 7.75. The molecule has 21 heavy (non-hydrogen) atoms. The third-order valence-corrected chi connectivity index (χ3v) is 3.52. The van der Waals surface area contributed by atoms with Gasteiger partial charge in [-0.25, -0.2) is 4.79 Å². The van der Waals surface area contributed by atoms with Crippen LogP contribution in [0.3, 0.4) is 0 Å². The van der Waals surface area contributed by atoms with Gasteiger partial charge in [-0.15, -0.1) is 13.2 Å². The number of amides is 1. The van der Waals surface area contributed by atoms with Gasteiger partial charge in [-0.3, -0.25) is 9.69 Å². The Balaban J connectivity index is 2.69. The third kappa shape index (κ3) is 5.34. The Bertz CT molecular complexity index is 372. The SMILES string of the molecule is C=CCN(CC=C)CC(=O)N1CCCCC1C(=O)OCC. The molecular formula is C16H26N2O3. The van der Waals surface area contributed by atoms with Crippen molar-refractivity contribution in [3.8, 4) is 0 Å². The molecule has 1 atom stereocenters. The van der Waals surface area contributed by atoms with Gasteiger partial charge in [-0.2, -0.15) is 0 Å². The first-order chi connectivity index (χ1) is 10.1. The molecule has 1 saturated heterocycles. The van der Waals surface area contributed by atoms with Crippen molar-refractivity contribution in [1.29, 1.82) is 0 Å². The van der Waals surface area contributed by atoms with Gasteiger partial charge in [0.05, 0.1) is 13.2 Å². The molecule has 0 aliphatic carbocycles. The molecule has 0 aromatic rings. The molecule has 1 heterocycles. The summed E-state index contributed by atoms with van der Waals surface area (Å²) in [7, 11) is 0. The van der Waals surface area contributed by atoms with E-state index in [2.05, 4.69) is 13.2 Å². The summed E-state index contributed by atoms with van der Waals surface area (Å²) in [5.41, 5.74) is 0. The summed E-state index contributed by atoms with van der Waals surface area (Å²) in [5.74, 6) is -0.319. The highest BCUT2D eigenvalue weighted by Gasteiger charge is 2.33. The summed E-state index contributed by atoms with van der Waals surface area (Å²) in [6, 6.07) is -0.430. The minimum atomic E-state index is -0.430. The topological polar surface area (TPSA) is 49.9 Å². The Morgan fingerprint density at radius 2 is 1.95 bits per heavy atom. The molecule has 5 nitrogen and oxygen atoms in total. The maximum Gasteiger partial charge on any atom is 0.328 e. The number of rotatable bonds is 8. The lowest BCUT2D eigenvalue weighted by Crippen LogP contribution is -2.51. The number of esters is 1. The summed E-state index contributed by atoms with van der Waals surface area (Å²) in [5, 5.41) is 0. The molecule has 0 radical (unpaired) electrons. The second-order valence-corrected chi connectivity index (χ2v) is 5.12. The summed E-state index contributed by atoms with van der Waals surface area (Å²) in [6.45, 7) is 11.7. The van der Waals surface area contributed by atoms with Gasteiger partial charge in [0.15, 0.2) is 0 Å². The van der Waals surface area contributed by atoms with Crippen LogP contribution in [0.4, 0.5) is 0 Å².